The van der Waals surface area contributed by atoms with Crippen molar-refractivity contribution in [3.05, 3.63) is 0 Å². The Labute approximate surface area is 110 Å². The van der Waals surface area contributed by atoms with Gasteiger partial charge < -0.3 is 15.2 Å². The van der Waals surface area contributed by atoms with Crippen LogP contribution < -0.4 is 5.73 Å². The van der Waals surface area contributed by atoms with E-state index in [4.69, 9.17) is 15.2 Å². The van der Waals surface area contributed by atoms with E-state index in [0.717, 1.165) is 12.8 Å². The van der Waals surface area contributed by atoms with Crippen molar-refractivity contribution in [3.63, 3.8) is 0 Å². The monoisotopic (exact) mass is 258 g/mol. The number of nitrogens with zero attached hydrogens (tertiary/aromatic N) is 1. The van der Waals surface area contributed by atoms with Crippen molar-refractivity contribution in [1.29, 1.82) is 0 Å². The minimum Gasteiger partial charge on any atom is -0.444 e. The molecular formula is C13H26N2O3. The van der Waals surface area contributed by atoms with Gasteiger partial charge in [0.05, 0.1) is 12.6 Å². The minimum absolute atomic E-state index is 0.0541. The Morgan fingerprint density at radius 1 is 1.50 bits per heavy atom. The van der Waals surface area contributed by atoms with Crippen molar-refractivity contribution < 1.29 is 14.3 Å². The van der Waals surface area contributed by atoms with Crippen molar-refractivity contribution in [2.45, 2.75) is 64.8 Å². The summed E-state index contributed by atoms with van der Waals surface area (Å²) >= 11 is 0. The highest BCUT2D eigenvalue weighted by atomic mass is 16.6. The number of hydrogen-bond acceptors (Lipinski definition) is 4. The standard InChI is InChI=1S/C13H26N2O3/c1-12(2,3)18-11(16)15-10(7-6-8-14)9-17-13(15,4)5/h10H,6-9,14H2,1-5H3/t10-/m0/s1. The molecule has 1 atom stereocenters. The lowest BCUT2D eigenvalue weighted by Crippen LogP contribution is -2.49. The van der Waals surface area contributed by atoms with E-state index in [2.05, 4.69) is 0 Å². The molecule has 0 aromatic rings. The Kier molecular flexibility index (Phi) is 4.61. The number of hydrogen-bond donors (Lipinski definition) is 1. The molecule has 1 saturated heterocycles. The first kappa shape index (κ1) is 15.2. The van der Waals surface area contributed by atoms with E-state index in [-0.39, 0.29) is 12.1 Å². The van der Waals surface area contributed by atoms with Crippen LogP contribution >= 0.6 is 0 Å². The summed E-state index contributed by atoms with van der Waals surface area (Å²) in [4.78, 5) is 13.9. The molecule has 1 amide bonds. The van der Waals surface area contributed by atoms with Gasteiger partial charge in [-0.15, -0.1) is 0 Å². The highest BCUT2D eigenvalue weighted by Crippen LogP contribution is 2.31. The van der Waals surface area contributed by atoms with Crippen molar-refractivity contribution in [2.24, 2.45) is 5.73 Å². The predicted octanol–water partition coefficient (Wildman–Crippen LogP) is 2.10. The lowest BCUT2D eigenvalue weighted by molar-refractivity contribution is -0.0627. The van der Waals surface area contributed by atoms with Gasteiger partial charge in [0.1, 0.15) is 11.3 Å². The Morgan fingerprint density at radius 3 is 2.61 bits per heavy atom. The largest absolute Gasteiger partial charge is 0.444 e. The van der Waals surface area contributed by atoms with Gasteiger partial charge in [-0.05, 0) is 54.0 Å². The highest BCUT2D eigenvalue weighted by Gasteiger charge is 2.45. The first-order chi connectivity index (χ1) is 8.17. The zero-order valence-corrected chi connectivity index (χ0v) is 12.2. The van der Waals surface area contributed by atoms with Crippen molar-refractivity contribution >= 4 is 6.09 Å². The second-order valence-corrected chi connectivity index (χ2v) is 6.19. The van der Waals surface area contributed by atoms with Crippen LogP contribution in [-0.4, -0.2) is 41.5 Å². The third-order valence-corrected chi connectivity index (χ3v) is 2.91. The van der Waals surface area contributed by atoms with Crippen LogP contribution in [-0.2, 0) is 9.47 Å². The molecule has 0 radical (unpaired) electrons. The molecule has 0 bridgehead atoms. The van der Waals surface area contributed by atoms with Crippen LogP contribution in [0.15, 0.2) is 0 Å². The first-order valence-corrected chi connectivity index (χ1v) is 6.54. The second-order valence-electron chi connectivity index (χ2n) is 6.19. The number of carbonyl (C=O) groups excluding carboxylic acids is 1. The van der Waals surface area contributed by atoms with Crippen molar-refractivity contribution in [2.75, 3.05) is 13.2 Å². The summed E-state index contributed by atoms with van der Waals surface area (Å²) in [6.45, 7) is 10.5. The van der Waals surface area contributed by atoms with E-state index in [1.54, 1.807) is 4.90 Å². The van der Waals surface area contributed by atoms with E-state index >= 15 is 0 Å². The fraction of sp³-hybridized carbons (Fsp3) is 0.923. The molecular weight excluding hydrogens is 232 g/mol. The molecule has 0 saturated carbocycles. The van der Waals surface area contributed by atoms with Gasteiger partial charge in [0.15, 0.2) is 0 Å². The van der Waals surface area contributed by atoms with Crippen LogP contribution in [0.1, 0.15) is 47.5 Å². The molecule has 1 aliphatic heterocycles. The third-order valence-electron chi connectivity index (χ3n) is 2.91. The molecule has 1 aliphatic rings. The summed E-state index contributed by atoms with van der Waals surface area (Å²) in [6, 6.07) is 0.0541. The van der Waals surface area contributed by atoms with Gasteiger partial charge in [-0.2, -0.15) is 0 Å². The lowest BCUT2D eigenvalue weighted by atomic mass is 10.1. The first-order valence-electron chi connectivity index (χ1n) is 6.54. The molecule has 5 nitrogen and oxygen atoms in total. The van der Waals surface area contributed by atoms with E-state index in [0.29, 0.717) is 13.2 Å². The second kappa shape index (κ2) is 5.45. The summed E-state index contributed by atoms with van der Waals surface area (Å²) in [7, 11) is 0. The molecule has 0 spiro atoms. The van der Waals surface area contributed by atoms with Gasteiger partial charge >= 0.3 is 6.09 Å². The van der Waals surface area contributed by atoms with Crippen LogP contribution in [0.4, 0.5) is 4.79 Å². The summed E-state index contributed by atoms with van der Waals surface area (Å²) in [5.74, 6) is 0. The molecule has 0 aromatic carbocycles. The predicted molar refractivity (Wildman–Crippen MR) is 70.2 cm³/mol. The van der Waals surface area contributed by atoms with Crippen LogP contribution in [0.5, 0.6) is 0 Å². The maximum Gasteiger partial charge on any atom is 0.412 e. The SMILES string of the molecule is CC(C)(C)OC(=O)N1[C@@H](CCCN)COC1(C)C. The van der Waals surface area contributed by atoms with Crippen molar-refractivity contribution in [1.82, 2.24) is 4.90 Å². The van der Waals surface area contributed by atoms with Crippen LogP contribution in [0.2, 0.25) is 0 Å². The maximum absolute atomic E-state index is 12.2. The zero-order chi connectivity index (χ0) is 14.0. The van der Waals surface area contributed by atoms with E-state index in [9.17, 15) is 4.79 Å². The lowest BCUT2D eigenvalue weighted by Gasteiger charge is -2.35. The van der Waals surface area contributed by atoms with Gasteiger partial charge in [-0.25, -0.2) is 4.79 Å². The molecule has 0 aromatic heterocycles. The molecule has 1 heterocycles. The number of nitrogens with two attached hydrogens (primary N) is 1. The average Bonchev–Trinajstić information content (AvgIpc) is 2.48. The van der Waals surface area contributed by atoms with Gasteiger partial charge in [-0.1, -0.05) is 0 Å². The molecule has 5 heteroatoms. The van der Waals surface area contributed by atoms with Crippen LogP contribution in [0.25, 0.3) is 0 Å². The number of carbonyl (C=O) groups is 1. The van der Waals surface area contributed by atoms with E-state index < -0.39 is 11.3 Å². The maximum atomic E-state index is 12.2. The fourth-order valence-electron chi connectivity index (χ4n) is 2.13. The summed E-state index contributed by atoms with van der Waals surface area (Å²) in [5, 5.41) is 0. The van der Waals surface area contributed by atoms with Crippen LogP contribution in [0, 0.1) is 0 Å². The molecule has 0 unspecified atom stereocenters. The summed E-state index contributed by atoms with van der Waals surface area (Å²) in [5.41, 5.74) is 4.42. The van der Waals surface area contributed by atoms with Gasteiger partial charge in [-0.3, -0.25) is 4.90 Å². The number of ether oxygens (including phenoxy) is 2. The molecule has 1 fully saturated rings. The molecule has 0 aliphatic carbocycles. The molecule has 106 valence electrons. The Morgan fingerprint density at radius 2 is 2.11 bits per heavy atom. The molecule has 1 rings (SSSR count). The zero-order valence-electron chi connectivity index (χ0n) is 12.2. The topological polar surface area (TPSA) is 64.8 Å². The van der Waals surface area contributed by atoms with Crippen molar-refractivity contribution in [3.8, 4) is 0 Å². The van der Waals surface area contributed by atoms with Gasteiger partial charge in [0.25, 0.3) is 0 Å². The molecule has 18 heavy (non-hydrogen) atoms. The van der Waals surface area contributed by atoms with Gasteiger partial charge in [0.2, 0.25) is 0 Å². The average molecular weight is 258 g/mol. The Hall–Kier alpha value is -0.810. The smallest absolute Gasteiger partial charge is 0.412 e. The quantitative estimate of drug-likeness (QED) is 0.842. The normalized spacial score (nSPS) is 23.2. The Bertz CT molecular complexity index is 297. The summed E-state index contributed by atoms with van der Waals surface area (Å²) in [6.07, 6.45) is 1.41. The Balaban J connectivity index is 2.75. The number of rotatable bonds is 3. The highest BCUT2D eigenvalue weighted by molar-refractivity contribution is 5.69. The molecule has 2 N–H and O–H groups in total. The third kappa shape index (κ3) is 3.85. The summed E-state index contributed by atoms with van der Waals surface area (Å²) < 4.78 is 11.1. The van der Waals surface area contributed by atoms with E-state index in [1.165, 1.54) is 0 Å². The fourth-order valence-corrected chi connectivity index (χ4v) is 2.13. The van der Waals surface area contributed by atoms with Gasteiger partial charge in [0, 0.05) is 0 Å². The number of amides is 1. The van der Waals surface area contributed by atoms with Crippen LogP contribution in [0.3, 0.4) is 0 Å². The van der Waals surface area contributed by atoms with E-state index in [1.807, 2.05) is 34.6 Å². The minimum atomic E-state index is -0.610.